The molecule has 358 valence electrons. The van der Waals surface area contributed by atoms with Crippen molar-refractivity contribution in [3.63, 3.8) is 0 Å². The van der Waals surface area contributed by atoms with E-state index >= 15 is 0 Å². The number of carbonyl (C=O) groups is 5. The molecule has 0 aromatic heterocycles. The Bertz CT molecular complexity index is 2690. The normalized spacial score (nSPS) is 26.0. The third-order valence-electron chi connectivity index (χ3n) is 11.6. The van der Waals surface area contributed by atoms with Gasteiger partial charge in [0.25, 0.3) is 0 Å². The lowest BCUT2D eigenvalue weighted by molar-refractivity contribution is -0.382. The highest BCUT2D eigenvalue weighted by atomic mass is 16.8. The van der Waals surface area contributed by atoms with Crippen LogP contribution in [-0.4, -0.2) is 110 Å². The second kappa shape index (κ2) is 22.2. The van der Waals surface area contributed by atoms with E-state index in [-0.39, 0.29) is 34.4 Å². The van der Waals surface area contributed by atoms with Crippen molar-refractivity contribution < 1.29 is 76.4 Å². The minimum Gasteiger partial charge on any atom is -0.459 e. The second-order valence-electron chi connectivity index (χ2n) is 16.3. The van der Waals surface area contributed by atoms with Gasteiger partial charge in [-0.15, -0.1) is 0 Å². The molecule has 0 unspecified atom stereocenters. The second-order valence-corrected chi connectivity index (χ2v) is 16.3. The van der Waals surface area contributed by atoms with E-state index in [0.717, 1.165) is 0 Å². The largest absolute Gasteiger partial charge is 0.459 e. The number of benzene rings is 6. The van der Waals surface area contributed by atoms with Crippen LogP contribution in [0.3, 0.4) is 0 Å². The fourth-order valence-corrected chi connectivity index (χ4v) is 8.13. The minimum absolute atomic E-state index is 0.0667. The number of esters is 5. The zero-order chi connectivity index (χ0) is 48.4. The van der Waals surface area contributed by atoms with Crippen molar-refractivity contribution in [2.24, 2.45) is 0 Å². The first kappa shape index (κ1) is 47.5. The summed E-state index contributed by atoms with van der Waals surface area (Å²) in [5, 5.41) is 12.3. The zero-order valence-corrected chi connectivity index (χ0v) is 37.2. The lowest BCUT2D eigenvalue weighted by Gasteiger charge is -2.50. The van der Waals surface area contributed by atoms with Gasteiger partial charge < -0.3 is 52.5 Å². The van der Waals surface area contributed by atoms with Gasteiger partial charge in [-0.05, 0) is 60.7 Å². The van der Waals surface area contributed by atoms with Crippen molar-refractivity contribution in [1.82, 2.24) is 0 Å². The number of hydrogen-bond acceptors (Lipinski definition) is 16. The predicted molar refractivity (Wildman–Crippen MR) is 244 cm³/mol. The topological polar surface area (TPSA) is 198 Å². The van der Waals surface area contributed by atoms with Crippen LogP contribution < -0.4 is 0 Å². The van der Waals surface area contributed by atoms with E-state index in [4.69, 9.17) is 47.4 Å². The maximum absolute atomic E-state index is 14.3. The molecule has 3 saturated heterocycles. The van der Waals surface area contributed by atoms with Crippen LogP contribution in [0.15, 0.2) is 182 Å². The van der Waals surface area contributed by atoms with Crippen LogP contribution in [0.1, 0.15) is 63.6 Å². The number of rotatable bonds is 14. The summed E-state index contributed by atoms with van der Waals surface area (Å²) in [6.07, 6.45) is -17.0. The molecule has 11 atom stereocenters. The molecule has 0 saturated carbocycles. The Morgan fingerprint density at radius 3 is 1.34 bits per heavy atom. The van der Waals surface area contributed by atoms with Crippen molar-refractivity contribution >= 4 is 29.8 Å². The standard InChI is InChI=1S/C54H46O16/c55-41-42-39(32-62-52(68-42)38-29-17-6-18-30-38)63-53(44(41)65-48(57)34-21-9-2-10-22-34)69-43-40(31-61-47(56)33-19-7-1-8-20-33)64-54(70-51(60)37-27-15-5-16-28-37)46(67-50(59)36-25-13-4-14-26-36)45(43)66-49(58)35-23-11-3-12-24-35/h1-30,39-46,52-55H,31-32H2/t39-,40-,41+,42+,43-,44+,45+,46+,52+,53+,54-/m1/s1. The Morgan fingerprint density at radius 2 is 0.857 bits per heavy atom. The summed E-state index contributed by atoms with van der Waals surface area (Å²) in [6.45, 7) is -0.793. The van der Waals surface area contributed by atoms with Gasteiger partial charge in [-0.3, -0.25) is 0 Å². The van der Waals surface area contributed by atoms with Gasteiger partial charge in [0.05, 0.1) is 34.4 Å². The lowest BCUT2D eigenvalue weighted by atomic mass is 9.95. The van der Waals surface area contributed by atoms with E-state index in [9.17, 15) is 29.1 Å². The van der Waals surface area contributed by atoms with Gasteiger partial charge in [-0.1, -0.05) is 121 Å². The Balaban J connectivity index is 1.13. The summed E-state index contributed by atoms with van der Waals surface area (Å²) in [5.74, 6) is -4.44. The van der Waals surface area contributed by atoms with Gasteiger partial charge in [0, 0.05) is 5.56 Å². The number of aliphatic hydroxyl groups is 1. The first-order valence-electron chi connectivity index (χ1n) is 22.4. The third kappa shape index (κ3) is 11.1. The van der Waals surface area contributed by atoms with Gasteiger partial charge in [-0.2, -0.15) is 0 Å². The molecule has 3 aliphatic rings. The SMILES string of the molecule is O=C(OC[C@H]1O[C@H](OC(=O)c2ccccc2)[C@@H](OC(=O)c2ccccc2)[C@@H](OC(=O)c2ccccc2)[C@@H]1O[C@@H]1O[C@@H]2CO[C@H](c3ccccc3)O[C@@H]2[C@H](O)[C@@H]1OC(=O)c1ccccc1)c1ccccc1. The van der Waals surface area contributed by atoms with Crippen molar-refractivity contribution in [3.05, 3.63) is 215 Å². The van der Waals surface area contributed by atoms with Crippen LogP contribution in [0.4, 0.5) is 0 Å². The molecule has 16 nitrogen and oxygen atoms in total. The molecule has 3 fully saturated rings. The first-order valence-corrected chi connectivity index (χ1v) is 22.4. The molecule has 0 bridgehead atoms. The minimum atomic E-state index is -1.86. The molecule has 6 aromatic rings. The number of hydrogen-bond donors (Lipinski definition) is 1. The lowest BCUT2D eigenvalue weighted by Crippen LogP contribution is -2.67. The Morgan fingerprint density at radius 1 is 0.443 bits per heavy atom. The van der Waals surface area contributed by atoms with Crippen LogP contribution in [0, 0.1) is 0 Å². The molecular weight excluding hydrogens is 905 g/mol. The van der Waals surface area contributed by atoms with E-state index < -0.39 is 104 Å². The van der Waals surface area contributed by atoms with Gasteiger partial charge in [0.1, 0.15) is 37.1 Å². The zero-order valence-electron chi connectivity index (χ0n) is 37.2. The van der Waals surface area contributed by atoms with Crippen molar-refractivity contribution in [2.45, 2.75) is 67.7 Å². The average molecular weight is 951 g/mol. The Kier molecular flexibility index (Phi) is 15.1. The molecular formula is C54H46O16. The Hall–Kier alpha value is -7.57. The van der Waals surface area contributed by atoms with Crippen LogP contribution in [0.25, 0.3) is 0 Å². The van der Waals surface area contributed by atoms with E-state index in [1.54, 1.807) is 115 Å². The molecule has 70 heavy (non-hydrogen) atoms. The fourth-order valence-electron chi connectivity index (χ4n) is 8.13. The summed E-state index contributed by atoms with van der Waals surface area (Å²) in [6, 6.07) is 48.7. The molecule has 9 rings (SSSR count). The van der Waals surface area contributed by atoms with Crippen molar-refractivity contribution in [1.29, 1.82) is 0 Å². The van der Waals surface area contributed by atoms with E-state index in [0.29, 0.717) is 5.56 Å². The van der Waals surface area contributed by atoms with Crippen molar-refractivity contribution in [2.75, 3.05) is 13.2 Å². The van der Waals surface area contributed by atoms with E-state index in [1.807, 2.05) is 6.07 Å². The maximum atomic E-state index is 14.3. The van der Waals surface area contributed by atoms with Crippen LogP contribution in [-0.2, 0) is 47.4 Å². The highest BCUT2D eigenvalue weighted by Gasteiger charge is 2.58. The van der Waals surface area contributed by atoms with Crippen LogP contribution >= 0.6 is 0 Å². The highest BCUT2D eigenvalue weighted by Crippen LogP contribution is 2.39. The van der Waals surface area contributed by atoms with Gasteiger partial charge >= 0.3 is 29.8 Å². The molecule has 16 heteroatoms. The molecule has 6 aromatic carbocycles. The molecule has 0 radical (unpaired) electrons. The first-order chi connectivity index (χ1) is 34.2. The third-order valence-corrected chi connectivity index (χ3v) is 11.6. The maximum Gasteiger partial charge on any atom is 0.340 e. The van der Waals surface area contributed by atoms with Crippen LogP contribution in [0.2, 0.25) is 0 Å². The fraction of sp³-hybridized carbons (Fsp3) is 0.241. The van der Waals surface area contributed by atoms with Gasteiger partial charge in [0.2, 0.25) is 12.4 Å². The Labute approximate surface area is 401 Å². The highest BCUT2D eigenvalue weighted by molar-refractivity contribution is 5.92. The van der Waals surface area contributed by atoms with E-state index in [2.05, 4.69) is 0 Å². The van der Waals surface area contributed by atoms with E-state index in [1.165, 1.54) is 60.7 Å². The predicted octanol–water partition coefficient (Wildman–Crippen LogP) is 6.69. The molecule has 3 heterocycles. The number of fused-ring (bicyclic) bond motifs is 1. The summed E-state index contributed by atoms with van der Waals surface area (Å²) >= 11 is 0. The quantitative estimate of drug-likeness (QED) is 0.0895. The summed E-state index contributed by atoms with van der Waals surface area (Å²) in [5.41, 5.74) is 1.19. The molecule has 0 amide bonds. The summed E-state index contributed by atoms with van der Waals surface area (Å²) in [7, 11) is 0. The molecule has 3 aliphatic heterocycles. The average Bonchev–Trinajstić information content (AvgIpc) is 3.41. The van der Waals surface area contributed by atoms with Crippen LogP contribution in [0.5, 0.6) is 0 Å². The number of aliphatic hydroxyl groups excluding tert-OH is 1. The van der Waals surface area contributed by atoms with Crippen molar-refractivity contribution in [3.8, 4) is 0 Å². The van der Waals surface area contributed by atoms with Gasteiger partial charge in [0.15, 0.2) is 24.8 Å². The molecule has 0 aliphatic carbocycles. The molecule has 0 spiro atoms. The smallest absolute Gasteiger partial charge is 0.340 e. The number of ether oxygens (including phenoxy) is 10. The molecule has 1 N–H and O–H groups in total. The summed E-state index contributed by atoms with van der Waals surface area (Å²) < 4.78 is 62.3. The summed E-state index contributed by atoms with van der Waals surface area (Å²) in [4.78, 5) is 69.7. The number of carbonyl (C=O) groups excluding carboxylic acids is 5. The monoisotopic (exact) mass is 950 g/mol. The van der Waals surface area contributed by atoms with Gasteiger partial charge in [-0.25, -0.2) is 24.0 Å².